The van der Waals surface area contributed by atoms with Gasteiger partial charge in [0.1, 0.15) is 18.1 Å². The first-order chi connectivity index (χ1) is 7.13. The quantitative estimate of drug-likeness (QED) is 0.519. The molecule has 1 heterocycles. The molecular formula is C10H17NO4. The van der Waals surface area contributed by atoms with Crippen LogP contribution in [0.2, 0.25) is 0 Å². The highest BCUT2D eigenvalue weighted by atomic mass is 16.4. The van der Waals surface area contributed by atoms with Crippen LogP contribution in [0.5, 0.6) is 0 Å². The molecule has 5 nitrogen and oxygen atoms in total. The van der Waals surface area contributed by atoms with Crippen LogP contribution in [0.15, 0.2) is 16.5 Å². The largest absolute Gasteiger partial charge is 0.462 e. The van der Waals surface area contributed by atoms with Crippen molar-refractivity contribution in [3.8, 4) is 0 Å². The number of furan rings is 1. The van der Waals surface area contributed by atoms with Crippen LogP contribution in [0.25, 0.3) is 0 Å². The van der Waals surface area contributed by atoms with E-state index in [2.05, 4.69) is 5.32 Å². The SMILES string of the molecule is CC(CO)(CO)NCc1ccc(CO)o1. The molecule has 0 atom stereocenters. The number of rotatable bonds is 6. The fourth-order valence-corrected chi connectivity index (χ4v) is 1.06. The summed E-state index contributed by atoms with van der Waals surface area (Å²) in [6.45, 7) is 1.67. The van der Waals surface area contributed by atoms with Crippen molar-refractivity contribution < 1.29 is 19.7 Å². The molecule has 0 bridgehead atoms. The molecule has 0 fully saturated rings. The zero-order chi connectivity index (χ0) is 11.3. The Labute approximate surface area is 88.3 Å². The van der Waals surface area contributed by atoms with E-state index in [-0.39, 0.29) is 19.8 Å². The van der Waals surface area contributed by atoms with Gasteiger partial charge in [0.15, 0.2) is 0 Å². The highest BCUT2D eigenvalue weighted by Crippen LogP contribution is 2.09. The summed E-state index contributed by atoms with van der Waals surface area (Å²) in [6, 6.07) is 3.43. The van der Waals surface area contributed by atoms with Crippen molar-refractivity contribution in [3.05, 3.63) is 23.7 Å². The summed E-state index contributed by atoms with van der Waals surface area (Å²) >= 11 is 0. The van der Waals surface area contributed by atoms with E-state index in [1.807, 2.05) is 0 Å². The van der Waals surface area contributed by atoms with Gasteiger partial charge >= 0.3 is 0 Å². The summed E-state index contributed by atoms with van der Waals surface area (Å²) in [4.78, 5) is 0. The maximum atomic E-state index is 9.02. The van der Waals surface area contributed by atoms with Crippen molar-refractivity contribution in [3.63, 3.8) is 0 Å². The fraction of sp³-hybridized carbons (Fsp3) is 0.600. The van der Waals surface area contributed by atoms with Crippen LogP contribution >= 0.6 is 0 Å². The third-order valence-corrected chi connectivity index (χ3v) is 2.26. The standard InChI is InChI=1S/C10H17NO4/c1-10(6-13,7-14)11-4-8-2-3-9(5-12)15-8/h2-3,11-14H,4-7H2,1H3. The lowest BCUT2D eigenvalue weighted by molar-refractivity contribution is 0.101. The van der Waals surface area contributed by atoms with E-state index in [9.17, 15) is 0 Å². The maximum Gasteiger partial charge on any atom is 0.129 e. The molecule has 15 heavy (non-hydrogen) atoms. The Morgan fingerprint density at radius 2 is 1.80 bits per heavy atom. The molecule has 1 rings (SSSR count). The van der Waals surface area contributed by atoms with Gasteiger partial charge in [-0.25, -0.2) is 0 Å². The van der Waals surface area contributed by atoms with Crippen LogP contribution in [-0.2, 0) is 13.2 Å². The average molecular weight is 215 g/mol. The molecule has 4 N–H and O–H groups in total. The summed E-state index contributed by atoms with van der Waals surface area (Å²) in [6.07, 6.45) is 0. The number of aliphatic hydroxyl groups excluding tert-OH is 3. The minimum Gasteiger partial charge on any atom is -0.462 e. The zero-order valence-electron chi connectivity index (χ0n) is 8.73. The van der Waals surface area contributed by atoms with Gasteiger partial charge < -0.3 is 25.1 Å². The minimum absolute atomic E-state index is 0.128. The lowest BCUT2D eigenvalue weighted by Crippen LogP contribution is -2.48. The molecular weight excluding hydrogens is 198 g/mol. The second-order valence-corrected chi connectivity index (χ2v) is 3.76. The third-order valence-electron chi connectivity index (χ3n) is 2.26. The lowest BCUT2D eigenvalue weighted by Gasteiger charge is -2.25. The first kappa shape index (κ1) is 12.2. The van der Waals surface area contributed by atoms with Gasteiger partial charge in [0, 0.05) is 0 Å². The van der Waals surface area contributed by atoms with Gasteiger partial charge in [-0.15, -0.1) is 0 Å². The number of aliphatic hydroxyl groups is 3. The Balaban J connectivity index is 2.49. The van der Waals surface area contributed by atoms with Crippen molar-refractivity contribution in [1.29, 1.82) is 0 Å². The molecule has 0 saturated carbocycles. The van der Waals surface area contributed by atoms with E-state index in [1.54, 1.807) is 19.1 Å². The van der Waals surface area contributed by atoms with E-state index in [1.165, 1.54) is 0 Å². The molecule has 0 radical (unpaired) electrons. The summed E-state index contributed by atoms with van der Waals surface area (Å²) in [7, 11) is 0. The van der Waals surface area contributed by atoms with Crippen molar-refractivity contribution in [2.24, 2.45) is 0 Å². The topological polar surface area (TPSA) is 85.9 Å². The summed E-state index contributed by atoms with van der Waals surface area (Å²) in [5.74, 6) is 1.16. The van der Waals surface area contributed by atoms with Gasteiger partial charge in [-0.2, -0.15) is 0 Å². The Morgan fingerprint density at radius 1 is 1.20 bits per heavy atom. The average Bonchev–Trinajstić information content (AvgIpc) is 2.74. The molecule has 0 saturated heterocycles. The Bertz CT molecular complexity index is 293. The van der Waals surface area contributed by atoms with Crippen LogP contribution in [0.1, 0.15) is 18.4 Å². The summed E-state index contributed by atoms with van der Waals surface area (Å²) in [5.41, 5.74) is -0.716. The normalized spacial score (nSPS) is 12.0. The van der Waals surface area contributed by atoms with Gasteiger partial charge in [-0.1, -0.05) is 0 Å². The molecule has 0 unspecified atom stereocenters. The van der Waals surface area contributed by atoms with Gasteiger partial charge in [0.25, 0.3) is 0 Å². The van der Waals surface area contributed by atoms with Crippen molar-refractivity contribution >= 4 is 0 Å². The fourth-order valence-electron chi connectivity index (χ4n) is 1.06. The molecule has 1 aromatic rings. The molecule has 0 spiro atoms. The minimum atomic E-state index is -0.716. The molecule has 5 heteroatoms. The van der Waals surface area contributed by atoms with Crippen LogP contribution in [0.3, 0.4) is 0 Å². The third kappa shape index (κ3) is 3.32. The van der Waals surface area contributed by atoms with Crippen LogP contribution in [0.4, 0.5) is 0 Å². The predicted octanol–water partition coefficient (Wildman–Crippen LogP) is -0.395. The van der Waals surface area contributed by atoms with E-state index in [4.69, 9.17) is 19.7 Å². The molecule has 0 aliphatic carbocycles. The lowest BCUT2D eigenvalue weighted by atomic mass is 10.1. The van der Waals surface area contributed by atoms with Crippen LogP contribution in [0, 0.1) is 0 Å². The van der Waals surface area contributed by atoms with Crippen molar-refractivity contribution in [2.45, 2.75) is 25.6 Å². The maximum absolute atomic E-state index is 9.02. The first-order valence-electron chi connectivity index (χ1n) is 4.79. The highest BCUT2D eigenvalue weighted by molar-refractivity contribution is 5.06. The second-order valence-electron chi connectivity index (χ2n) is 3.76. The Kier molecular flexibility index (Phi) is 4.28. The molecule has 0 aliphatic rings. The summed E-state index contributed by atoms with van der Waals surface area (Å²) in [5, 5.41) is 29.8. The zero-order valence-corrected chi connectivity index (χ0v) is 8.73. The predicted molar refractivity (Wildman–Crippen MR) is 54.0 cm³/mol. The molecule has 1 aromatic heterocycles. The number of nitrogens with one attached hydrogen (secondary N) is 1. The van der Waals surface area contributed by atoms with Crippen LogP contribution < -0.4 is 5.32 Å². The molecule has 0 amide bonds. The highest BCUT2D eigenvalue weighted by Gasteiger charge is 2.21. The van der Waals surface area contributed by atoms with Crippen molar-refractivity contribution in [1.82, 2.24) is 5.32 Å². The molecule has 0 aliphatic heterocycles. The van der Waals surface area contributed by atoms with E-state index in [0.717, 1.165) is 0 Å². The van der Waals surface area contributed by atoms with Crippen molar-refractivity contribution in [2.75, 3.05) is 13.2 Å². The van der Waals surface area contributed by atoms with Gasteiger partial charge in [0.2, 0.25) is 0 Å². The van der Waals surface area contributed by atoms with E-state index in [0.29, 0.717) is 18.1 Å². The number of hydrogen-bond donors (Lipinski definition) is 4. The van der Waals surface area contributed by atoms with E-state index >= 15 is 0 Å². The number of hydrogen-bond acceptors (Lipinski definition) is 5. The molecule has 0 aromatic carbocycles. The first-order valence-corrected chi connectivity index (χ1v) is 4.79. The summed E-state index contributed by atoms with van der Waals surface area (Å²) < 4.78 is 5.24. The van der Waals surface area contributed by atoms with E-state index < -0.39 is 5.54 Å². The smallest absolute Gasteiger partial charge is 0.129 e. The van der Waals surface area contributed by atoms with Crippen LogP contribution in [-0.4, -0.2) is 34.1 Å². The second kappa shape index (κ2) is 5.27. The Morgan fingerprint density at radius 3 is 2.27 bits per heavy atom. The molecule has 86 valence electrons. The monoisotopic (exact) mass is 215 g/mol. The van der Waals surface area contributed by atoms with Gasteiger partial charge in [-0.05, 0) is 19.1 Å². The Hall–Kier alpha value is -0.880. The van der Waals surface area contributed by atoms with Gasteiger partial charge in [-0.3, -0.25) is 0 Å². The van der Waals surface area contributed by atoms with Gasteiger partial charge in [0.05, 0.1) is 25.3 Å².